The Hall–Kier alpha value is -0.790. The van der Waals surface area contributed by atoms with Gasteiger partial charge >= 0.3 is 0 Å². The molecular formula is C12H17NO. The maximum absolute atomic E-state index is 11.5. The summed E-state index contributed by atoms with van der Waals surface area (Å²) < 4.78 is 0. The SMILES string of the molecule is CC1C2=CC3(CC3)C(CC2)C1C(N)=O. The number of fused-ring (bicyclic) bond motifs is 2. The van der Waals surface area contributed by atoms with Crippen LogP contribution in [0.2, 0.25) is 0 Å². The molecule has 2 nitrogen and oxygen atoms in total. The summed E-state index contributed by atoms with van der Waals surface area (Å²) in [7, 11) is 0. The fourth-order valence-electron chi connectivity index (χ4n) is 3.74. The lowest BCUT2D eigenvalue weighted by atomic mass is 9.58. The molecule has 4 rings (SSSR count). The van der Waals surface area contributed by atoms with Crippen molar-refractivity contribution in [1.29, 1.82) is 0 Å². The van der Waals surface area contributed by atoms with Crippen LogP contribution in [-0.4, -0.2) is 5.91 Å². The van der Waals surface area contributed by atoms with E-state index >= 15 is 0 Å². The predicted octanol–water partition coefficient (Wildman–Crippen LogP) is 1.85. The van der Waals surface area contributed by atoms with Crippen molar-refractivity contribution in [3.05, 3.63) is 11.6 Å². The third kappa shape index (κ3) is 0.891. The Kier molecular flexibility index (Phi) is 1.47. The third-order valence-corrected chi connectivity index (χ3v) is 4.67. The van der Waals surface area contributed by atoms with Crippen LogP contribution >= 0.6 is 0 Å². The second-order valence-corrected chi connectivity index (χ2v) is 5.31. The van der Waals surface area contributed by atoms with E-state index in [1.54, 1.807) is 0 Å². The van der Waals surface area contributed by atoms with Gasteiger partial charge in [-0.2, -0.15) is 0 Å². The Morgan fingerprint density at radius 3 is 2.86 bits per heavy atom. The fourth-order valence-corrected chi connectivity index (χ4v) is 3.74. The van der Waals surface area contributed by atoms with Crippen LogP contribution in [0.25, 0.3) is 0 Å². The van der Waals surface area contributed by atoms with Crippen molar-refractivity contribution in [3.63, 3.8) is 0 Å². The molecule has 14 heavy (non-hydrogen) atoms. The van der Waals surface area contributed by atoms with E-state index in [0.717, 1.165) is 0 Å². The van der Waals surface area contributed by atoms with Crippen LogP contribution in [0.3, 0.4) is 0 Å². The second kappa shape index (κ2) is 2.41. The molecule has 3 unspecified atom stereocenters. The molecule has 0 aromatic rings. The Labute approximate surface area is 84.5 Å². The number of carbonyl (C=O) groups is 1. The van der Waals surface area contributed by atoms with Crippen LogP contribution in [0.5, 0.6) is 0 Å². The number of allylic oxidation sites excluding steroid dienone is 2. The van der Waals surface area contributed by atoms with E-state index in [2.05, 4.69) is 13.0 Å². The van der Waals surface area contributed by atoms with E-state index in [9.17, 15) is 4.79 Å². The first-order chi connectivity index (χ1) is 6.64. The zero-order valence-electron chi connectivity index (χ0n) is 8.62. The Bertz CT molecular complexity index is 327. The first-order valence-electron chi connectivity index (χ1n) is 5.65. The first kappa shape index (κ1) is 8.51. The molecule has 76 valence electrons. The van der Waals surface area contributed by atoms with Gasteiger partial charge in [0.2, 0.25) is 5.91 Å². The maximum Gasteiger partial charge on any atom is 0.221 e. The molecule has 2 bridgehead atoms. The van der Waals surface area contributed by atoms with Crippen molar-refractivity contribution in [2.45, 2.75) is 32.6 Å². The van der Waals surface area contributed by atoms with Gasteiger partial charge in [0.25, 0.3) is 0 Å². The first-order valence-corrected chi connectivity index (χ1v) is 5.65. The van der Waals surface area contributed by atoms with Gasteiger partial charge in [-0.3, -0.25) is 4.79 Å². The van der Waals surface area contributed by atoms with E-state index in [0.29, 0.717) is 17.3 Å². The molecule has 1 amide bonds. The molecule has 0 radical (unpaired) electrons. The summed E-state index contributed by atoms with van der Waals surface area (Å²) in [6, 6.07) is 0. The van der Waals surface area contributed by atoms with Gasteiger partial charge in [0, 0.05) is 5.92 Å². The molecule has 2 saturated carbocycles. The van der Waals surface area contributed by atoms with Gasteiger partial charge in [-0.25, -0.2) is 0 Å². The van der Waals surface area contributed by atoms with E-state index in [-0.39, 0.29) is 11.8 Å². The number of hydrogen-bond acceptors (Lipinski definition) is 1. The molecule has 2 heteroatoms. The summed E-state index contributed by atoms with van der Waals surface area (Å²) in [5, 5.41) is 0. The summed E-state index contributed by atoms with van der Waals surface area (Å²) in [5.74, 6) is 1.04. The highest BCUT2D eigenvalue weighted by atomic mass is 16.1. The lowest BCUT2D eigenvalue weighted by molar-refractivity contribution is -0.127. The molecule has 3 atom stereocenters. The number of rotatable bonds is 1. The normalized spacial score (nSPS) is 42.4. The third-order valence-electron chi connectivity index (χ3n) is 4.67. The average molecular weight is 191 g/mol. The molecule has 4 aliphatic rings. The van der Waals surface area contributed by atoms with Crippen LogP contribution in [0.4, 0.5) is 0 Å². The summed E-state index contributed by atoms with van der Waals surface area (Å²) in [6.45, 7) is 2.17. The summed E-state index contributed by atoms with van der Waals surface area (Å²) in [4.78, 5) is 11.5. The quantitative estimate of drug-likeness (QED) is 0.631. The molecule has 2 fully saturated rings. The van der Waals surface area contributed by atoms with Gasteiger partial charge in [-0.1, -0.05) is 18.6 Å². The van der Waals surface area contributed by atoms with Gasteiger partial charge < -0.3 is 5.73 Å². The van der Waals surface area contributed by atoms with Gasteiger partial charge in [0.15, 0.2) is 0 Å². The highest BCUT2D eigenvalue weighted by Gasteiger charge is 2.57. The number of nitrogens with two attached hydrogens (primary N) is 1. The van der Waals surface area contributed by atoms with Crippen LogP contribution in [-0.2, 0) is 4.79 Å². The lowest BCUT2D eigenvalue weighted by Gasteiger charge is -2.45. The number of carbonyl (C=O) groups excluding carboxylic acids is 1. The van der Waals surface area contributed by atoms with Gasteiger partial charge in [-0.15, -0.1) is 0 Å². The largest absolute Gasteiger partial charge is 0.369 e. The molecule has 1 spiro atoms. The van der Waals surface area contributed by atoms with Crippen molar-refractivity contribution < 1.29 is 4.79 Å². The smallest absolute Gasteiger partial charge is 0.221 e. The molecule has 0 saturated heterocycles. The minimum absolute atomic E-state index is 0.0703. The number of primary amides is 1. The van der Waals surface area contributed by atoms with E-state index in [4.69, 9.17) is 5.73 Å². The maximum atomic E-state index is 11.5. The van der Waals surface area contributed by atoms with Crippen molar-refractivity contribution in [2.24, 2.45) is 28.9 Å². The van der Waals surface area contributed by atoms with Crippen molar-refractivity contribution in [1.82, 2.24) is 0 Å². The second-order valence-electron chi connectivity index (χ2n) is 5.31. The predicted molar refractivity (Wildman–Crippen MR) is 54.3 cm³/mol. The molecule has 4 aliphatic carbocycles. The van der Waals surface area contributed by atoms with Crippen LogP contribution in [0.1, 0.15) is 32.6 Å². The standard InChI is InChI=1S/C12H17NO/c1-7-8-2-3-9(10(7)11(13)14)12(6-8)4-5-12/h6-7,9-10H,2-5H2,1H3,(H2,13,14). The summed E-state index contributed by atoms with van der Waals surface area (Å²) in [6.07, 6.45) is 7.46. The molecule has 0 aromatic heterocycles. The zero-order chi connectivity index (χ0) is 9.92. The minimum Gasteiger partial charge on any atom is -0.369 e. The van der Waals surface area contributed by atoms with Crippen LogP contribution < -0.4 is 5.73 Å². The van der Waals surface area contributed by atoms with E-state index < -0.39 is 0 Å². The molecule has 0 heterocycles. The van der Waals surface area contributed by atoms with Crippen LogP contribution in [0.15, 0.2) is 11.6 Å². The minimum atomic E-state index is -0.0703. The van der Waals surface area contributed by atoms with Crippen molar-refractivity contribution >= 4 is 5.91 Å². The molecular weight excluding hydrogens is 174 g/mol. The van der Waals surface area contributed by atoms with Crippen molar-refractivity contribution in [3.8, 4) is 0 Å². The van der Waals surface area contributed by atoms with E-state index in [1.807, 2.05) is 0 Å². The molecule has 2 N–H and O–H groups in total. The van der Waals surface area contributed by atoms with Crippen molar-refractivity contribution in [2.75, 3.05) is 0 Å². The fraction of sp³-hybridized carbons (Fsp3) is 0.750. The van der Waals surface area contributed by atoms with Crippen LogP contribution in [0, 0.1) is 23.2 Å². The highest BCUT2D eigenvalue weighted by Crippen LogP contribution is 2.65. The van der Waals surface area contributed by atoms with Gasteiger partial charge in [0.05, 0.1) is 0 Å². The average Bonchev–Trinajstić information content (AvgIpc) is 2.87. The zero-order valence-corrected chi connectivity index (χ0v) is 8.62. The molecule has 0 aliphatic heterocycles. The Balaban J connectivity index is 2.04. The monoisotopic (exact) mass is 191 g/mol. The Morgan fingerprint density at radius 2 is 2.29 bits per heavy atom. The Morgan fingerprint density at radius 1 is 1.57 bits per heavy atom. The summed E-state index contributed by atoms with van der Waals surface area (Å²) in [5.41, 5.74) is 7.45. The topological polar surface area (TPSA) is 43.1 Å². The van der Waals surface area contributed by atoms with Gasteiger partial charge in [0.1, 0.15) is 0 Å². The van der Waals surface area contributed by atoms with Gasteiger partial charge in [-0.05, 0) is 42.9 Å². The van der Waals surface area contributed by atoms with E-state index in [1.165, 1.54) is 31.3 Å². The highest BCUT2D eigenvalue weighted by molar-refractivity contribution is 5.78. The number of amides is 1. The summed E-state index contributed by atoms with van der Waals surface area (Å²) >= 11 is 0. The number of hydrogen-bond donors (Lipinski definition) is 1. The molecule has 0 aromatic carbocycles. The lowest BCUT2D eigenvalue weighted by Crippen LogP contribution is -2.45.